The van der Waals surface area contributed by atoms with Crippen LogP contribution >= 0.6 is 0 Å². The molecule has 0 N–H and O–H groups in total. The van der Waals surface area contributed by atoms with Gasteiger partial charge in [0.2, 0.25) is 0 Å². The number of benzene rings is 1. The van der Waals surface area contributed by atoms with Crippen molar-refractivity contribution in [2.75, 3.05) is 13.1 Å². The first-order valence-electron chi connectivity index (χ1n) is 8.61. The molecule has 1 aliphatic heterocycles. The number of piperidine rings is 1. The number of nitriles is 1. The number of carbonyl (C=O) groups is 1. The summed E-state index contributed by atoms with van der Waals surface area (Å²) in [6.45, 7) is 6.85. The maximum Gasteiger partial charge on any atom is 0.410 e. The Hall–Kier alpha value is -2.35. The molecule has 0 aromatic heterocycles. The first-order valence-corrected chi connectivity index (χ1v) is 8.61. The highest BCUT2D eigenvalue weighted by Gasteiger charge is 2.27. The molecule has 0 bridgehead atoms. The zero-order valence-electron chi connectivity index (χ0n) is 15.1. The van der Waals surface area contributed by atoms with Gasteiger partial charge in [-0.2, -0.15) is 5.26 Å². The van der Waals surface area contributed by atoms with Gasteiger partial charge in [0.25, 0.3) is 0 Å². The topological polar surface area (TPSA) is 53.3 Å². The van der Waals surface area contributed by atoms with Gasteiger partial charge in [0, 0.05) is 19.2 Å². The first-order chi connectivity index (χ1) is 11.8. The van der Waals surface area contributed by atoms with E-state index in [0.29, 0.717) is 25.4 Å². The number of rotatable bonds is 3. The lowest BCUT2D eigenvalue weighted by Gasteiger charge is -2.33. The predicted octanol–water partition coefficient (Wildman–Crippen LogP) is 4.77. The van der Waals surface area contributed by atoms with Gasteiger partial charge in [-0.05, 0) is 69.2 Å². The fraction of sp³-hybridized carbons (Fsp3) is 0.500. The van der Waals surface area contributed by atoms with Gasteiger partial charge >= 0.3 is 6.09 Å². The molecular weight excluding hydrogens is 319 g/mol. The predicted molar refractivity (Wildman–Crippen MR) is 95.1 cm³/mol. The summed E-state index contributed by atoms with van der Waals surface area (Å²) in [6, 6.07) is 8.39. The number of halogens is 1. The third-order valence-corrected chi connectivity index (χ3v) is 4.21. The van der Waals surface area contributed by atoms with Crippen molar-refractivity contribution in [1.29, 1.82) is 5.26 Å². The fourth-order valence-corrected chi connectivity index (χ4v) is 2.98. The second-order valence-electron chi connectivity index (χ2n) is 7.42. The normalized spacial score (nSPS) is 16.4. The summed E-state index contributed by atoms with van der Waals surface area (Å²) in [6.07, 6.45) is 3.62. The van der Waals surface area contributed by atoms with Crippen LogP contribution in [-0.4, -0.2) is 29.7 Å². The smallest absolute Gasteiger partial charge is 0.410 e. The van der Waals surface area contributed by atoms with Crippen molar-refractivity contribution < 1.29 is 13.9 Å². The Labute approximate surface area is 148 Å². The standard InChI is InChI=1S/C20H25FN2O2/c1-20(2,3)25-19(24)23-11-8-15(9-12-23)13-17(7-10-22)16-5-4-6-18(21)14-16/h4-7,14-15H,8-9,11-13H2,1-3H3/b17-7-. The summed E-state index contributed by atoms with van der Waals surface area (Å²) in [7, 11) is 0. The van der Waals surface area contributed by atoms with E-state index in [1.165, 1.54) is 18.2 Å². The van der Waals surface area contributed by atoms with Crippen LogP contribution in [0.1, 0.15) is 45.6 Å². The zero-order chi connectivity index (χ0) is 18.4. The lowest BCUT2D eigenvalue weighted by molar-refractivity contribution is 0.0186. The van der Waals surface area contributed by atoms with E-state index in [1.54, 1.807) is 11.0 Å². The first kappa shape index (κ1) is 19.0. The van der Waals surface area contributed by atoms with Crippen LogP contribution in [-0.2, 0) is 4.74 Å². The zero-order valence-corrected chi connectivity index (χ0v) is 15.1. The molecule has 0 unspecified atom stereocenters. The lowest BCUT2D eigenvalue weighted by Crippen LogP contribution is -2.41. The number of ether oxygens (including phenoxy) is 1. The van der Waals surface area contributed by atoms with Crippen LogP contribution in [0.25, 0.3) is 5.57 Å². The minimum atomic E-state index is -0.492. The highest BCUT2D eigenvalue weighted by molar-refractivity contribution is 5.69. The molecule has 4 nitrogen and oxygen atoms in total. The van der Waals surface area contributed by atoms with E-state index in [1.807, 2.05) is 26.8 Å². The maximum absolute atomic E-state index is 13.5. The van der Waals surface area contributed by atoms with Crippen molar-refractivity contribution in [3.05, 3.63) is 41.7 Å². The second-order valence-corrected chi connectivity index (χ2v) is 7.42. The third kappa shape index (κ3) is 5.90. The van der Waals surface area contributed by atoms with E-state index < -0.39 is 5.60 Å². The molecule has 134 valence electrons. The number of hydrogen-bond acceptors (Lipinski definition) is 3. The highest BCUT2D eigenvalue weighted by atomic mass is 19.1. The number of likely N-dealkylation sites (tertiary alicyclic amines) is 1. The number of hydrogen-bond donors (Lipinski definition) is 0. The van der Waals surface area contributed by atoms with Gasteiger partial charge in [0.15, 0.2) is 0 Å². The number of carbonyl (C=O) groups excluding carboxylic acids is 1. The van der Waals surface area contributed by atoms with Crippen LogP contribution in [0.4, 0.5) is 9.18 Å². The van der Waals surface area contributed by atoms with Crippen LogP contribution < -0.4 is 0 Å². The fourth-order valence-electron chi connectivity index (χ4n) is 2.98. The van der Waals surface area contributed by atoms with Crippen molar-refractivity contribution in [2.45, 2.75) is 45.6 Å². The van der Waals surface area contributed by atoms with Gasteiger partial charge in [-0.25, -0.2) is 9.18 Å². The van der Waals surface area contributed by atoms with E-state index in [-0.39, 0.29) is 11.9 Å². The van der Waals surface area contributed by atoms with Crippen molar-refractivity contribution >= 4 is 11.7 Å². The highest BCUT2D eigenvalue weighted by Crippen LogP contribution is 2.30. The number of nitrogens with zero attached hydrogens (tertiary/aromatic N) is 2. The van der Waals surface area contributed by atoms with Gasteiger partial charge in [0.05, 0.1) is 6.07 Å². The van der Waals surface area contributed by atoms with E-state index in [0.717, 1.165) is 24.0 Å². The van der Waals surface area contributed by atoms with E-state index in [4.69, 9.17) is 10.00 Å². The van der Waals surface area contributed by atoms with Crippen LogP contribution in [0, 0.1) is 23.1 Å². The maximum atomic E-state index is 13.5. The van der Waals surface area contributed by atoms with Crippen LogP contribution in [0.3, 0.4) is 0 Å². The van der Waals surface area contributed by atoms with Crippen LogP contribution in [0.2, 0.25) is 0 Å². The average Bonchev–Trinajstić information content (AvgIpc) is 2.53. The molecule has 1 aliphatic rings. The van der Waals surface area contributed by atoms with Crippen LogP contribution in [0.5, 0.6) is 0 Å². The molecular formula is C20H25FN2O2. The number of allylic oxidation sites excluding steroid dienone is 2. The Bertz CT molecular complexity index is 678. The summed E-state index contributed by atoms with van der Waals surface area (Å²) in [5, 5.41) is 9.03. The Morgan fingerprint density at radius 3 is 2.64 bits per heavy atom. The summed E-state index contributed by atoms with van der Waals surface area (Å²) in [4.78, 5) is 13.8. The summed E-state index contributed by atoms with van der Waals surface area (Å²) in [5.74, 6) is 0.0580. The molecule has 0 saturated carbocycles. The van der Waals surface area contributed by atoms with Gasteiger partial charge in [-0.1, -0.05) is 12.1 Å². The van der Waals surface area contributed by atoms with Gasteiger partial charge in [0.1, 0.15) is 11.4 Å². The second kappa shape index (κ2) is 8.15. The summed E-state index contributed by atoms with van der Waals surface area (Å²) in [5.41, 5.74) is 1.10. The lowest BCUT2D eigenvalue weighted by atomic mass is 9.87. The molecule has 2 rings (SSSR count). The Kier molecular flexibility index (Phi) is 6.19. The molecule has 1 saturated heterocycles. The molecule has 1 aromatic rings. The Balaban J connectivity index is 1.95. The molecule has 0 atom stereocenters. The minimum absolute atomic E-state index is 0.274. The molecule has 1 heterocycles. The van der Waals surface area contributed by atoms with Crippen molar-refractivity contribution in [3.63, 3.8) is 0 Å². The van der Waals surface area contributed by atoms with Crippen LogP contribution in [0.15, 0.2) is 30.3 Å². The summed E-state index contributed by atoms with van der Waals surface area (Å²) < 4.78 is 18.9. The molecule has 1 aromatic carbocycles. The quantitative estimate of drug-likeness (QED) is 0.742. The minimum Gasteiger partial charge on any atom is -0.444 e. The average molecular weight is 344 g/mol. The van der Waals surface area contributed by atoms with Gasteiger partial charge < -0.3 is 9.64 Å². The van der Waals surface area contributed by atoms with Gasteiger partial charge in [-0.15, -0.1) is 0 Å². The largest absolute Gasteiger partial charge is 0.444 e. The van der Waals surface area contributed by atoms with Crippen molar-refractivity contribution in [2.24, 2.45) is 5.92 Å². The van der Waals surface area contributed by atoms with E-state index in [9.17, 15) is 9.18 Å². The monoisotopic (exact) mass is 344 g/mol. The third-order valence-electron chi connectivity index (χ3n) is 4.21. The molecule has 0 spiro atoms. The Morgan fingerprint density at radius 2 is 2.08 bits per heavy atom. The molecule has 0 aliphatic carbocycles. The molecule has 25 heavy (non-hydrogen) atoms. The SMILES string of the molecule is CC(C)(C)OC(=O)N1CCC(C/C(=C/C#N)c2cccc(F)c2)CC1. The van der Waals surface area contributed by atoms with Gasteiger partial charge in [-0.3, -0.25) is 0 Å². The van der Waals surface area contributed by atoms with E-state index >= 15 is 0 Å². The Morgan fingerprint density at radius 1 is 1.40 bits per heavy atom. The number of amides is 1. The van der Waals surface area contributed by atoms with Crippen molar-refractivity contribution in [3.8, 4) is 6.07 Å². The molecule has 0 radical (unpaired) electrons. The molecule has 1 amide bonds. The van der Waals surface area contributed by atoms with E-state index in [2.05, 4.69) is 6.07 Å². The summed E-state index contributed by atoms with van der Waals surface area (Å²) >= 11 is 0. The van der Waals surface area contributed by atoms with Crippen molar-refractivity contribution in [1.82, 2.24) is 4.90 Å². The molecule has 5 heteroatoms. The molecule has 1 fully saturated rings.